The van der Waals surface area contributed by atoms with Crippen molar-refractivity contribution in [2.45, 2.75) is 6.42 Å². The van der Waals surface area contributed by atoms with Gasteiger partial charge in [0.1, 0.15) is 11.6 Å². The molecule has 3 aromatic rings. The van der Waals surface area contributed by atoms with Crippen molar-refractivity contribution in [1.29, 1.82) is 0 Å². The molecule has 0 fully saturated rings. The Morgan fingerprint density at radius 3 is 2.72 bits per heavy atom. The second-order valence-corrected chi connectivity index (χ2v) is 6.06. The van der Waals surface area contributed by atoms with Crippen molar-refractivity contribution < 1.29 is 23.6 Å². The van der Waals surface area contributed by atoms with Gasteiger partial charge in [-0.05, 0) is 35.9 Å². The second kappa shape index (κ2) is 7.43. The summed E-state index contributed by atoms with van der Waals surface area (Å²) >= 11 is 3.34. The molecule has 8 heteroatoms. The van der Waals surface area contributed by atoms with Crippen LogP contribution in [0.2, 0.25) is 0 Å². The Balaban J connectivity index is 1.84. The van der Waals surface area contributed by atoms with Crippen LogP contribution in [0.5, 0.6) is 5.75 Å². The van der Waals surface area contributed by atoms with E-state index in [2.05, 4.69) is 26.1 Å². The van der Waals surface area contributed by atoms with Crippen LogP contribution < -0.4 is 4.74 Å². The lowest BCUT2D eigenvalue weighted by Gasteiger charge is -2.07. The van der Waals surface area contributed by atoms with Gasteiger partial charge in [-0.2, -0.15) is 4.98 Å². The lowest BCUT2D eigenvalue weighted by molar-refractivity contribution is -0.139. The predicted molar refractivity (Wildman–Crippen MR) is 89.8 cm³/mol. The molecule has 1 N–H and O–H groups in total. The van der Waals surface area contributed by atoms with Crippen LogP contribution in [0, 0.1) is 5.82 Å². The van der Waals surface area contributed by atoms with E-state index in [0.29, 0.717) is 23.6 Å². The van der Waals surface area contributed by atoms with E-state index < -0.39 is 12.6 Å². The van der Waals surface area contributed by atoms with Crippen LogP contribution in [0.4, 0.5) is 4.39 Å². The van der Waals surface area contributed by atoms with Crippen LogP contribution in [0.25, 0.3) is 11.5 Å². The third-order valence-corrected chi connectivity index (χ3v) is 3.76. The zero-order chi connectivity index (χ0) is 17.8. The van der Waals surface area contributed by atoms with Gasteiger partial charge in [-0.3, -0.25) is 0 Å². The molecular formula is C17H12BrFN2O4. The number of benzene rings is 2. The molecule has 1 aromatic heterocycles. The molecule has 0 bridgehead atoms. The van der Waals surface area contributed by atoms with Crippen molar-refractivity contribution in [1.82, 2.24) is 10.1 Å². The summed E-state index contributed by atoms with van der Waals surface area (Å²) in [6.45, 7) is -0.481. The summed E-state index contributed by atoms with van der Waals surface area (Å²) in [5.41, 5.74) is 1.32. The minimum Gasteiger partial charge on any atom is -0.481 e. The van der Waals surface area contributed by atoms with Crippen molar-refractivity contribution in [2.24, 2.45) is 0 Å². The zero-order valence-electron chi connectivity index (χ0n) is 12.8. The Bertz CT molecular complexity index is 896. The van der Waals surface area contributed by atoms with E-state index >= 15 is 0 Å². The molecule has 128 valence electrons. The minimum absolute atomic E-state index is 0.207. The molecule has 0 aliphatic rings. The summed E-state index contributed by atoms with van der Waals surface area (Å²) in [5, 5.41) is 12.7. The van der Waals surface area contributed by atoms with Crippen LogP contribution in [0.15, 0.2) is 51.5 Å². The normalized spacial score (nSPS) is 10.6. The summed E-state index contributed by atoms with van der Waals surface area (Å²) in [4.78, 5) is 15.0. The van der Waals surface area contributed by atoms with Crippen molar-refractivity contribution in [2.75, 3.05) is 6.61 Å². The summed E-state index contributed by atoms with van der Waals surface area (Å²) in [6, 6.07) is 11.1. The summed E-state index contributed by atoms with van der Waals surface area (Å²) in [5.74, 6) is -0.449. The Kier molecular flexibility index (Phi) is 5.08. The van der Waals surface area contributed by atoms with Crippen molar-refractivity contribution in [3.05, 3.63) is 64.1 Å². The minimum atomic E-state index is -1.09. The Morgan fingerprint density at radius 1 is 1.24 bits per heavy atom. The first-order chi connectivity index (χ1) is 12.0. The molecule has 6 nitrogen and oxygen atoms in total. The first-order valence-electron chi connectivity index (χ1n) is 7.23. The quantitative estimate of drug-likeness (QED) is 0.671. The van der Waals surface area contributed by atoms with Gasteiger partial charge in [0.25, 0.3) is 5.89 Å². The van der Waals surface area contributed by atoms with E-state index in [-0.39, 0.29) is 11.7 Å². The first kappa shape index (κ1) is 17.1. The third-order valence-electron chi connectivity index (χ3n) is 3.27. The van der Waals surface area contributed by atoms with Crippen molar-refractivity contribution in [3.63, 3.8) is 0 Å². The number of carbonyl (C=O) groups is 1. The number of nitrogens with zero attached hydrogens (tertiary/aromatic N) is 2. The molecular weight excluding hydrogens is 395 g/mol. The molecule has 3 rings (SSSR count). The maximum absolute atomic E-state index is 13.0. The standard InChI is InChI=1S/C17H12BrFN2O4/c18-11-3-6-14(24-9-16(22)23)13(8-11)17-20-15(21-25-17)7-10-1-4-12(19)5-2-10/h1-6,8H,7,9H2,(H,22,23). The summed E-state index contributed by atoms with van der Waals surface area (Å²) in [6.07, 6.45) is 0.378. The third kappa shape index (κ3) is 4.42. The number of hydrogen-bond donors (Lipinski definition) is 1. The van der Waals surface area contributed by atoms with Gasteiger partial charge >= 0.3 is 5.97 Å². The van der Waals surface area contributed by atoms with E-state index in [0.717, 1.165) is 10.0 Å². The van der Waals surface area contributed by atoms with Crippen LogP contribution >= 0.6 is 15.9 Å². The topological polar surface area (TPSA) is 85.5 Å². The highest BCUT2D eigenvalue weighted by atomic mass is 79.9. The molecule has 0 aliphatic carbocycles. The van der Waals surface area contributed by atoms with Gasteiger partial charge in [-0.25, -0.2) is 9.18 Å². The first-order valence-corrected chi connectivity index (χ1v) is 8.02. The van der Waals surface area contributed by atoms with E-state index in [9.17, 15) is 9.18 Å². The molecule has 0 unspecified atom stereocenters. The maximum atomic E-state index is 13.0. The number of aromatic nitrogens is 2. The Hall–Kier alpha value is -2.74. The second-order valence-electron chi connectivity index (χ2n) is 5.14. The molecule has 0 radical (unpaired) electrons. The molecule has 1 heterocycles. The highest BCUT2D eigenvalue weighted by molar-refractivity contribution is 9.10. The fourth-order valence-corrected chi connectivity index (χ4v) is 2.52. The monoisotopic (exact) mass is 406 g/mol. The fourth-order valence-electron chi connectivity index (χ4n) is 2.15. The van der Waals surface area contributed by atoms with E-state index in [1.807, 2.05) is 0 Å². The molecule has 0 saturated carbocycles. The number of carboxylic acids is 1. The summed E-state index contributed by atoms with van der Waals surface area (Å²) < 4.78 is 24.2. The van der Waals surface area contributed by atoms with Gasteiger partial charge in [0.15, 0.2) is 12.4 Å². The van der Waals surface area contributed by atoms with Gasteiger partial charge in [0, 0.05) is 10.9 Å². The number of rotatable bonds is 6. The highest BCUT2D eigenvalue weighted by Crippen LogP contribution is 2.32. The summed E-state index contributed by atoms with van der Waals surface area (Å²) in [7, 11) is 0. The van der Waals surface area contributed by atoms with Gasteiger partial charge in [-0.1, -0.05) is 33.2 Å². The number of aliphatic carboxylic acids is 1. The van der Waals surface area contributed by atoms with Gasteiger partial charge in [0.05, 0.1) is 5.56 Å². The molecule has 0 amide bonds. The lowest BCUT2D eigenvalue weighted by Crippen LogP contribution is -2.10. The smallest absolute Gasteiger partial charge is 0.341 e. The fraction of sp³-hybridized carbons (Fsp3) is 0.118. The van der Waals surface area contributed by atoms with Crippen LogP contribution in [0.1, 0.15) is 11.4 Å². The van der Waals surface area contributed by atoms with Crippen LogP contribution in [-0.4, -0.2) is 27.8 Å². The molecule has 0 aliphatic heterocycles. The van der Waals surface area contributed by atoms with Crippen molar-refractivity contribution >= 4 is 21.9 Å². The molecule has 0 saturated heterocycles. The zero-order valence-corrected chi connectivity index (χ0v) is 14.4. The number of hydrogen-bond acceptors (Lipinski definition) is 5. The lowest BCUT2D eigenvalue weighted by atomic mass is 10.1. The predicted octanol–water partition coefficient (Wildman–Crippen LogP) is 3.69. The van der Waals surface area contributed by atoms with E-state index in [1.54, 1.807) is 30.3 Å². The molecule has 0 spiro atoms. The number of halogens is 2. The van der Waals surface area contributed by atoms with Crippen LogP contribution in [0.3, 0.4) is 0 Å². The van der Waals surface area contributed by atoms with E-state index in [4.69, 9.17) is 14.4 Å². The number of ether oxygens (including phenoxy) is 1. The largest absolute Gasteiger partial charge is 0.481 e. The van der Waals surface area contributed by atoms with Gasteiger partial charge < -0.3 is 14.4 Å². The Morgan fingerprint density at radius 2 is 2.00 bits per heavy atom. The van der Waals surface area contributed by atoms with Gasteiger partial charge in [0.2, 0.25) is 0 Å². The average molecular weight is 407 g/mol. The van der Waals surface area contributed by atoms with Crippen LogP contribution in [-0.2, 0) is 11.2 Å². The van der Waals surface area contributed by atoms with E-state index in [1.165, 1.54) is 12.1 Å². The SMILES string of the molecule is O=C(O)COc1ccc(Br)cc1-c1nc(Cc2ccc(F)cc2)no1. The van der Waals surface area contributed by atoms with Crippen molar-refractivity contribution in [3.8, 4) is 17.2 Å². The molecule has 0 atom stereocenters. The average Bonchev–Trinajstić information content (AvgIpc) is 3.04. The maximum Gasteiger partial charge on any atom is 0.341 e. The van der Waals surface area contributed by atoms with Gasteiger partial charge in [-0.15, -0.1) is 0 Å². The highest BCUT2D eigenvalue weighted by Gasteiger charge is 2.16. The number of carboxylic acid groups (broad SMARTS) is 1. The molecule has 25 heavy (non-hydrogen) atoms. The Labute approximate surface area is 150 Å². The molecule has 2 aromatic carbocycles.